The van der Waals surface area contributed by atoms with Gasteiger partial charge in [-0.1, -0.05) is 18.2 Å². The quantitative estimate of drug-likeness (QED) is 0.752. The molecule has 1 aliphatic heterocycles. The fraction of sp³-hybridized carbons (Fsp3) is 0.381. The number of amides is 2. The lowest BCUT2D eigenvalue weighted by Gasteiger charge is -2.22. The van der Waals surface area contributed by atoms with Gasteiger partial charge in [0.05, 0.1) is 13.0 Å². The zero-order valence-corrected chi connectivity index (χ0v) is 15.8. The molecular formula is C21H25N3O3. The second kappa shape index (κ2) is 8.66. The average Bonchev–Trinajstić information content (AvgIpc) is 3.07. The zero-order chi connectivity index (χ0) is 19.2. The van der Waals surface area contributed by atoms with Crippen LogP contribution in [0.1, 0.15) is 17.5 Å². The van der Waals surface area contributed by atoms with Gasteiger partial charge in [-0.15, -0.1) is 0 Å². The highest BCUT2D eigenvalue weighted by atomic mass is 16.5. The lowest BCUT2D eigenvalue weighted by atomic mass is 10.1. The summed E-state index contributed by atoms with van der Waals surface area (Å²) in [4.78, 5) is 32.6. The number of pyridine rings is 1. The van der Waals surface area contributed by atoms with Gasteiger partial charge in [0.2, 0.25) is 11.8 Å². The van der Waals surface area contributed by atoms with Gasteiger partial charge in [-0.05, 0) is 30.2 Å². The minimum absolute atomic E-state index is 0.0155. The molecule has 2 heterocycles. The number of hydrogen-bond donors (Lipinski definition) is 0. The van der Waals surface area contributed by atoms with Crippen LogP contribution in [0.15, 0.2) is 48.8 Å². The van der Waals surface area contributed by atoms with Crippen LogP contribution in [-0.4, -0.2) is 53.8 Å². The first-order valence-electron chi connectivity index (χ1n) is 9.12. The molecule has 27 heavy (non-hydrogen) atoms. The Labute approximate surface area is 159 Å². The number of methoxy groups -OCH3 is 1. The fourth-order valence-electron chi connectivity index (χ4n) is 3.40. The van der Waals surface area contributed by atoms with E-state index in [1.165, 1.54) is 0 Å². The van der Waals surface area contributed by atoms with Crippen LogP contribution in [0.2, 0.25) is 0 Å². The van der Waals surface area contributed by atoms with Crippen LogP contribution in [-0.2, 0) is 22.6 Å². The van der Waals surface area contributed by atoms with Gasteiger partial charge < -0.3 is 14.5 Å². The van der Waals surface area contributed by atoms with Crippen molar-refractivity contribution in [3.63, 3.8) is 0 Å². The standard InChI is InChI=1S/C21H25N3O3/c1-23(12-9-16-7-10-22-11-8-16)21(26)18-13-20(25)24(15-18)14-17-5-3-4-6-19(17)27-2/h3-8,10-11,18H,9,12-15H2,1-2H3. The maximum atomic E-state index is 12.7. The molecule has 1 fully saturated rings. The van der Waals surface area contributed by atoms with Crippen LogP contribution in [0.25, 0.3) is 0 Å². The minimum Gasteiger partial charge on any atom is -0.496 e. The van der Waals surface area contributed by atoms with Gasteiger partial charge in [0, 0.05) is 51.1 Å². The normalized spacial score (nSPS) is 16.4. The minimum atomic E-state index is -0.283. The van der Waals surface area contributed by atoms with E-state index in [9.17, 15) is 9.59 Å². The molecule has 0 radical (unpaired) electrons. The third-order valence-corrected chi connectivity index (χ3v) is 4.98. The summed E-state index contributed by atoms with van der Waals surface area (Å²) >= 11 is 0. The van der Waals surface area contributed by atoms with Crippen LogP contribution in [0, 0.1) is 5.92 Å². The Morgan fingerprint density at radius 3 is 2.74 bits per heavy atom. The predicted octanol–water partition coefficient (Wildman–Crippen LogP) is 2.14. The number of rotatable bonds is 7. The van der Waals surface area contributed by atoms with E-state index < -0.39 is 0 Å². The van der Waals surface area contributed by atoms with Crippen LogP contribution in [0.5, 0.6) is 5.75 Å². The van der Waals surface area contributed by atoms with E-state index >= 15 is 0 Å². The van der Waals surface area contributed by atoms with Gasteiger partial charge in [0.15, 0.2) is 0 Å². The maximum absolute atomic E-state index is 12.7. The third kappa shape index (κ3) is 4.64. The molecule has 0 saturated carbocycles. The second-order valence-electron chi connectivity index (χ2n) is 6.85. The van der Waals surface area contributed by atoms with Crippen molar-refractivity contribution >= 4 is 11.8 Å². The molecule has 1 aromatic heterocycles. The Bertz CT molecular complexity index is 794. The number of para-hydroxylation sites is 1. The van der Waals surface area contributed by atoms with Crippen molar-refractivity contribution in [3.8, 4) is 5.75 Å². The summed E-state index contributed by atoms with van der Waals surface area (Å²) in [5, 5.41) is 0. The summed E-state index contributed by atoms with van der Waals surface area (Å²) in [6, 6.07) is 11.6. The van der Waals surface area contributed by atoms with E-state index in [1.54, 1.807) is 36.4 Å². The van der Waals surface area contributed by atoms with Crippen molar-refractivity contribution in [2.75, 3.05) is 27.2 Å². The Balaban J connectivity index is 1.56. The summed E-state index contributed by atoms with van der Waals surface area (Å²) < 4.78 is 5.36. The highest BCUT2D eigenvalue weighted by molar-refractivity contribution is 5.89. The molecule has 2 aromatic rings. The number of benzene rings is 1. The van der Waals surface area contributed by atoms with Crippen molar-refractivity contribution in [2.24, 2.45) is 5.92 Å². The summed E-state index contributed by atoms with van der Waals surface area (Å²) in [6.07, 6.45) is 4.55. The smallest absolute Gasteiger partial charge is 0.227 e. The molecular weight excluding hydrogens is 342 g/mol. The first kappa shape index (κ1) is 18.9. The molecule has 1 saturated heterocycles. The lowest BCUT2D eigenvalue weighted by molar-refractivity contribution is -0.134. The SMILES string of the molecule is COc1ccccc1CN1CC(C(=O)N(C)CCc2ccncc2)CC1=O. The van der Waals surface area contributed by atoms with Gasteiger partial charge >= 0.3 is 0 Å². The molecule has 6 nitrogen and oxygen atoms in total. The Morgan fingerprint density at radius 2 is 2.00 bits per heavy atom. The average molecular weight is 367 g/mol. The molecule has 0 bridgehead atoms. The third-order valence-electron chi connectivity index (χ3n) is 4.98. The molecule has 1 atom stereocenters. The zero-order valence-electron chi connectivity index (χ0n) is 15.8. The number of aromatic nitrogens is 1. The van der Waals surface area contributed by atoms with Crippen LogP contribution < -0.4 is 4.74 Å². The Hall–Kier alpha value is -2.89. The molecule has 3 rings (SSSR count). The number of carbonyl (C=O) groups excluding carboxylic acids is 2. The van der Waals surface area contributed by atoms with Gasteiger partial charge in [-0.3, -0.25) is 14.6 Å². The summed E-state index contributed by atoms with van der Waals surface area (Å²) in [5.41, 5.74) is 2.09. The molecule has 142 valence electrons. The molecule has 2 amide bonds. The number of carbonyl (C=O) groups is 2. The fourth-order valence-corrected chi connectivity index (χ4v) is 3.40. The topological polar surface area (TPSA) is 62.7 Å². The van der Waals surface area contributed by atoms with Crippen LogP contribution >= 0.6 is 0 Å². The number of likely N-dealkylation sites (tertiary alicyclic amines) is 1. The first-order valence-corrected chi connectivity index (χ1v) is 9.12. The Morgan fingerprint density at radius 1 is 1.26 bits per heavy atom. The van der Waals surface area contributed by atoms with Crippen molar-refractivity contribution in [3.05, 3.63) is 59.9 Å². The summed E-state index contributed by atoms with van der Waals surface area (Å²) in [6.45, 7) is 1.54. The number of likely N-dealkylation sites (N-methyl/N-ethyl adjacent to an activating group) is 1. The van der Waals surface area contributed by atoms with Gasteiger partial charge in [0.1, 0.15) is 5.75 Å². The van der Waals surface area contributed by atoms with Gasteiger partial charge in [-0.25, -0.2) is 0 Å². The molecule has 1 aromatic carbocycles. The first-order chi connectivity index (χ1) is 13.1. The van der Waals surface area contributed by atoms with Crippen LogP contribution in [0.4, 0.5) is 0 Å². The van der Waals surface area contributed by atoms with E-state index in [-0.39, 0.29) is 24.2 Å². The highest BCUT2D eigenvalue weighted by Crippen LogP contribution is 2.25. The number of nitrogens with zero attached hydrogens (tertiary/aromatic N) is 3. The van der Waals surface area contributed by atoms with Crippen molar-refractivity contribution < 1.29 is 14.3 Å². The van der Waals surface area contributed by atoms with Crippen LogP contribution in [0.3, 0.4) is 0 Å². The Kier molecular flexibility index (Phi) is 6.06. The molecule has 0 spiro atoms. The maximum Gasteiger partial charge on any atom is 0.227 e. The van der Waals surface area contributed by atoms with E-state index in [0.29, 0.717) is 19.6 Å². The summed E-state index contributed by atoms with van der Waals surface area (Å²) in [7, 11) is 3.42. The van der Waals surface area contributed by atoms with Gasteiger partial charge in [0.25, 0.3) is 0 Å². The molecule has 1 unspecified atom stereocenters. The van der Waals surface area contributed by atoms with Crippen molar-refractivity contribution in [1.29, 1.82) is 0 Å². The van der Waals surface area contributed by atoms with E-state index in [0.717, 1.165) is 23.3 Å². The van der Waals surface area contributed by atoms with E-state index in [4.69, 9.17) is 4.74 Å². The predicted molar refractivity (Wildman–Crippen MR) is 102 cm³/mol. The van der Waals surface area contributed by atoms with Gasteiger partial charge in [-0.2, -0.15) is 0 Å². The second-order valence-corrected chi connectivity index (χ2v) is 6.85. The number of ether oxygens (including phenoxy) is 1. The molecule has 0 N–H and O–H groups in total. The van der Waals surface area contributed by atoms with Crippen molar-refractivity contribution in [2.45, 2.75) is 19.4 Å². The highest BCUT2D eigenvalue weighted by Gasteiger charge is 2.35. The monoisotopic (exact) mass is 367 g/mol. The molecule has 6 heteroatoms. The van der Waals surface area contributed by atoms with E-state index in [1.807, 2.05) is 36.4 Å². The van der Waals surface area contributed by atoms with E-state index in [2.05, 4.69) is 4.98 Å². The van der Waals surface area contributed by atoms with Crippen molar-refractivity contribution in [1.82, 2.24) is 14.8 Å². The molecule has 1 aliphatic rings. The summed E-state index contributed by atoms with van der Waals surface area (Å²) in [5.74, 6) is 0.519. The number of hydrogen-bond acceptors (Lipinski definition) is 4. The molecule has 0 aliphatic carbocycles. The largest absolute Gasteiger partial charge is 0.496 e. The lowest BCUT2D eigenvalue weighted by Crippen LogP contribution is -2.35.